The van der Waals surface area contributed by atoms with Crippen LogP contribution in [0.1, 0.15) is 20.8 Å². The summed E-state index contributed by atoms with van der Waals surface area (Å²) in [6.45, 7) is 9.76. The Balaban J connectivity index is 3.45. The largest absolute Gasteiger partial charge is 0.389 e. The minimum absolute atomic E-state index is 0.270. The van der Waals surface area contributed by atoms with Crippen molar-refractivity contribution in [1.82, 2.24) is 5.32 Å². The summed E-state index contributed by atoms with van der Waals surface area (Å²) in [4.78, 5) is 0. The van der Waals surface area contributed by atoms with E-state index in [1.807, 2.05) is 13.0 Å². The second-order valence-electron chi connectivity index (χ2n) is 3.22. The van der Waals surface area contributed by atoms with Crippen LogP contribution in [0.3, 0.4) is 0 Å². The Morgan fingerprint density at radius 3 is 2.50 bits per heavy atom. The molecule has 0 radical (unpaired) electrons. The SMILES string of the molecule is C=CC(C)NCC(C)(C)O. The highest BCUT2D eigenvalue weighted by Gasteiger charge is 2.11. The van der Waals surface area contributed by atoms with Crippen LogP contribution in [0.5, 0.6) is 0 Å². The zero-order chi connectivity index (χ0) is 8.20. The first-order valence-electron chi connectivity index (χ1n) is 3.54. The van der Waals surface area contributed by atoms with Gasteiger partial charge in [-0.3, -0.25) is 0 Å². The lowest BCUT2D eigenvalue weighted by Crippen LogP contribution is -2.38. The molecule has 2 heteroatoms. The first-order chi connectivity index (χ1) is 4.45. The second kappa shape index (κ2) is 3.74. The minimum Gasteiger partial charge on any atom is -0.389 e. The van der Waals surface area contributed by atoms with Gasteiger partial charge in [0.15, 0.2) is 0 Å². The number of aliphatic hydroxyl groups is 1. The number of hydrogen-bond acceptors (Lipinski definition) is 2. The third-order valence-electron chi connectivity index (χ3n) is 1.21. The quantitative estimate of drug-likeness (QED) is 0.574. The van der Waals surface area contributed by atoms with Crippen molar-refractivity contribution in [3.8, 4) is 0 Å². The molecule has 0 bridgehead atoms. The van der Waals surface area contributed by atoms with E-state index < -0.39 is 5.60 Å². The molecule has 0 aromatic rings. The van der Waals surface area contributed by atoms with Gasteiger partial charge < -0.3 is 10.4 Å². The molecule has 1 unspecified atom stereocenters. The molecule has 0 fully saturated rings. The molecule has 0 rings (SSSR count). The van der Waals surface area contributed by atoms with Crippen LogP contribution in [-0.4, -0.2) is 23.3 Å². The van der Waals surface area contributed by atoms with E-state index >= 15 is 0 Å². The highest BCUT2D eigenvalue weighted by Crippen LogP contribution is 1.97. The van der Waals surface area contributed by atoms with Crippen molar-refractivity contribution in [3.63, 3.8) is 0 Å². The molecular formula is C8H17NO. The Morgan fingerprint density at radius 2 is 2.20 bits per heavy atom. The Morgan fingerprint density at radius 1 is 1.70 bits per heavy atom. The summed E-state index contributed by atoms with van der Waals surface area (Å²) in [5, 5.41) is 12.4. The van der Waals surface area contributed by atoms with Gasteiger partial charge in [-0.15, -0.1) is 6.58 Å². The van der Waals surface area contributed by atoms with Crippen LogP contribution >= 0.6 is 0 Å². The first kappa shape index (κ1) is 9.66. The topological polar surface area (TPSA) is 32.3 Å². The molecule has 0 saturated carbocycles. The van der Waals surface area contributed by atoms with Crippen LogP contribution in [0.15, 0.2) is 12.7 Å². The maximum absolute atomic E-state index is 9.27. The van der Waals surface area contributed by atoms with Gasteiger partial charge in [0.1, 0.15) is 0 Å². The summed E-state index contributed by atoms with van der Waals surface area (Å²) < 4.78 is 0. The third-order valence-corrected chi connectivity index (χ3v) is 1.21. The normalized spacial score (nSPS) is 14.8. The zero-order valence-electron chi connectivity index (χ0n) is 7.02. The second-order valence-corrected chi connectivity index (χ2v) is 3.22. The molecule has 0 aromatic heterocycles. The molecule has 0 heterocycles. The fourth-order valence-electron chi connectivity index (χ4n) is 0.494. The molecule has 0 aromatic carbocycles. The molecular weight excluding hydrogens is 126 g/mol. The number of hydrogen-bond donors (Lipinski definition) is 2. The first-order valence-corrected chi connectivity index (χ1v) is 3.54. The van der Waals surface area contributed by atoms with Crippen LogP contribution < -0.4 is 5.32 Å². The third kappa shape index (κ3) is 5.79. The summed E-state index contributed by atoms with van der Waals surface area (Å²) in [5.74, 6) is 0. The summed E-state index contributed by atoms with van der Waals surface area (Å²) in [6.07, 6.45) is 1.81. The van der Waals surface area contributed by atoms with Crippen molar-refractivity contribution in [3.05, 3.63) is 12.7 Å². The molecule has 0 saturated heterocycles. The molecule has 0 aliphatic carbocycles. The van der Waals surface area contributed by atoms with Crippen LogP contribution in [0.25, 0.3) is 0 Å². The molecule has 0 aliphatic heterocycles. The average Bonchev–Trinajstić information content (AvgIpc) is 1.81. The highest BCUT2D eigenvalue weighted by molar-refractivity contribution is 4.83. The molecule has 60 valence electrons. The van der Waals surface area contributed by atoms with Gasteiger partial charge in [-0.2, -0.15) is 0 Å². The lowest BCUT2D eigenvalue weighted by atomic mass is 10.1. The van der Waals surface area contributed by atoms with Gasteiger partial charge >= 0.3 is 0 Å². The average molecular weight is 143 g/mol. The van der Waals surface area contributed by atoms with Crippen molar-refractivity contribution >= 4 is 0 Å². The predicted octanol–water partition coefficient (Wildman–Crippen LogP) is 0.921. The van der Waals surface area contributed by atoms with Gasteiger partial charge in [-0.05, 0) is 20.8 Å². The van der Waals surface area contributed by atoms with Gasteiger partial charge in [0.05, 0.1) is 5.60 Å². The van der Waals surface area contributed by atoms with E-state index in [2.05, 4.69) is 11.9 Å². The standard InChI is InChI=1S/C8H17NO/c1-5-7(2)9-6-8(3,4)10/h5,7,9-10H,1,6H2,2-4H3. The van der Waals surface area contributed by atoms with Gasteiger partial charge in [0.25, 0.3) is 0 Å². The monoisotopic (exact) mass is 143 g/mol. The maximum Gasteiger partial charge on any atom is 0.0715 e. The zero-order valence-corrected chi connectivity index (χ0v) is 7.02. The van der Waals surface area contributed by atoms with Crippen LogP contribution in [0, 0.1) is 0 Å². The van der Waals surface area contributed by atoms with Crippen LogP contribution in [0.2, 0.25) is 0 Å². The fourth-order valence-corrected chi connectivity index (χ4v) is 0.494. The van der Waals surface area contributed by atoms with Crippen molar-refractivity contribution in [2.75, 3.05) is 6.54 Å². The van der Waals surface area contributed by atoms with E-state index in [9.17, 15) is 5.11 Å². The Labute approximate surface area is 62.9 Å². The molecule has 0 spiro atoms. The van der Waals surface area contributed by atoms with Crippen molar-refractivity contribution < 1.29 is 5.11 Å². The van der Waals surface area contributed by atoms with Gasteiger partial charge in [0.2, 0.25) is 0 Å². The molecule has 0 amide bonds. The predicted molar refractivity (Wildman–Crippen MR) is 44.0 cm³/mol. The molecule has 2 nitrogen and oxygen atoms in total. The van der Waals surface area contributed by atoms with E-state index in [1.54, 1.807) is 13.8 Å². The van der Waals surface area contributed by atoms with Crippen molar-refractivity contribution in [1.29, 1.82) is 0 Å². The lowest BCUT2D eigenvalue weighted by Gasteiger charge is -2.19. The Hall–Kier alpha value is -0.340. The fraction of sp³-hybridized carbons (Fsp3) is 0.750. The smallest absolute Gasteiger partial charge is 0.0715 e. The molecule has 10 heavy (non-hydrogen) atoms. The summed E-state index contributed by atoms with van der Waals surface area (Å²) >= 11 is 0. The summed E-state index contributed by atoms with van der Waals surface area (Å²) in [7, 11) is 0. The van der Waals surface area contributed by atoms with Gasteiger partial charge in [-0.1, -0.05) is 6.08 Å². The van der Waals surface area contributed by atoms with E-state index in [4.69, 9.17) is 0 Å². The van der Waals surface area contributed by atoms with E-state index in [0.717, 1.165) is 0 Å². The number of rotatable bonds is 4. The summed E-state index contributed by atoms with van der Waals surface area (Å²) in [6, 6.07) is 0.270. The maximum atomic E-state index is 9.27. The van der Waals surface area contributed by atoms with Gasteiger partial charge in [-0.25, -0.2) is 0 Å². The summed E-state index contributed by atoms with van der Waals surface area (Å²) in [5.41, 5.74) is -0.628. The van der Waals surface area contributed by atoms with E-state index in [0.29, 0.717) is 6.54 Å². The van der Waals surface area contributed by atoms with E-state index in [1.165, 1.54) is 0 Å². The molecule has 0 aliphatic rings. The lowest BCUT2D eigenvalue weighted by molar-refractivity contribution is 0.0785. The minimum atomic E-state index is -0.628. The van der Waals surface area contributed by atoms with Crippen molar-refractivity contribution in [2.45, 2.75) is 32.4 Å². The Kier molecular flexibility index (Phi) is 3.61. The Bertz CT molecular complexity index is 104. The van der Waals surface area contributed by atoms with Crippen LogP contribution in [0.4, 0.5) is 0 Å². The van der Waals surface area contributed by atoms with Crippen LogP contribution in [-0.2, 0) is 0 Å². The molecule has 2 N–H and O–H groups in total. The van der Waals surface area contributed by atoms with Gasteiger partial charge in [0, 0.05) is 12.6 Å². The van der Waals surface area contributed by atoms with Crippen molar-refractivity contribution in [2.24, 2.45) is 0 Å². The van der Waals surface area contributed by atoms with E-state index in [-0.39, 0.29) is 6.04 Å². The molecule has 1 atom stereocenters. The highest BCUT2D eigenvalue weighted by atomic mass is 16.3. The number of nitrogens with one attached hydrogen (secondary N) is 1.